The lowest BCUT2D eigenvalue weighted by molar-refractivity contribution is 0.122. The molecular formula is C10H15NO. The van der Waals surface area contributed by atoms with E-state index in [4.69, 9.17) is 5.73 Å². The molecule has 0 bridgehead atoms. The van der Waals surface area contributed by atoms with Crippen LogP contribution in [0, 0.1) is 5.92 Å². The Morgan fingerprint density at radius 3 is 2.42 bits per heavy atom. The molecule has 2 nitrogen and oxygen atoms in total. The lowest BCUT2D eigenvalue weighted by atomic mass is 9.98. The summed E-state index contributed by atoms with van der Waals surface area (Å²) < 4.78 is 0. The molecule has 1 rings (SSSR count). The molecule has 2 atom stereocenters. The van der Waals surface area contributed by atoms with E-state index in [0.717, 1.165) is 5.56 Å². The molecule has 0 fully saturated rings. The van der Waals surface area contributed by atoms with Crippen molar-refractivity contribution in [1.29, 1.82) is 0 Å². The van der Waals surface area contributed by atoms with Crippen molar-refractivity contribution < 1.29 is 5.11 Å². The highest BCUT2D eigenvalue weighted by Gasteiger charge is 2.13. The molecule has 0 heterocycles. The van der Waals surface area contributed by atoms with Crippen molar-refractivity contribution in [2.75, 3.05) is 6.54 Å². The second kappa shape index (κ2) is 4.24. The average molecular weight is 165 g/mol. The van der Waals surface area contributed by atoms with Crippen LogP contribution in [0.4, 0.5) is 0 Å². The molecule has 0 radical (unpaired) electrons. The van der Waals surface area contributed by atoms with Gasteiger partial charge in [0.2, 0.25) is 0 Å². The molecule has 3 N–H and O–H groups in total. The van der Waals surface area contributed by atoms with E-state index < -0.39 is 6.10 Å². The summed E-state index contributed by atoms with van der Waals surface area (Å²) in [5, 5.41) is 9.71. The molecule has 0 aromatic heterocycles. The molecule has 0 saturated heterocycles. The Morgan fingerprint density at radius 2 is 1.92 bits per heavy atom. The number of benzene rings is 1. The molecule has 0 spiro atoms. The van der Waals surface area contributed by atoms with Crippen LogP contribution in [0.25, 0.3) is 0 Å². The number of aliphatic hydroxyl groups excluding tert-OH is 1. The van der Waals surface area contributed by atoms with E-state index in [0.29, 0.717) is 6.54 Å². The van der Waals surface area contributed by atoms with Crippen molar-refractivity contribution >= 4 is 0 Å². The zero-order valence-electron chi connectivity index (χ0n) is 7.27. The van der Waals surface area contributed by atoms with E-state index in [2.05, 4.69) is 0 Å². The van der Waals surface area contributed by atoms with E-state index in [1.807, 2.05) is 37.3 Å². The standard InChI is InChI=1S/C10H15NO/c1-8(7-11)10(12)9-5-3-2-4-6-9/h2-6,8,10,12H,7,11H2,1H3/t8-,10+/m0/s1. The Balaban J connectivity index is 2.71. The smallest absolute Gasteiger partial charge is 0.0827 e. The maximum atomic E-state index is 9.71. The molecule has 0 aliphatic heterocycles. The highest BCUT2D eigenvalue weighted by atomic mass is 16.3. The van der Waals surface area contributed by atoms with Gasteiger partial charge in [-0.25, -0.2) is 0 Å². The van der Waals surface area contributed by atoms with Gasteiger partial charge in [0.15, 0.2) is 0 Å². The molecule has 2 heteroatoms. The Bertz CT molecular complexity index is 223. The minimum absolute atomic E-state index is 0.118. The monoisotopic (exact) mass is 165 g/mol. The summed E-state index contributed by atoms with van der Waals surface area (Å²) in [7, 11) is 0. The average Bonchev–Trinajstić information content (AvgIpc) is 2.17. The molecular weight excluding hydrogens is 150 g/mol. The van der Waals surface area contributed by atoms with Crippen LogP contribution >= 0.6 is 0 Å². The molecule has 12 heavy (non-hydrogen) atoms. The maximum absolute atomic E-state index is 9.71. The van der Waals surface area contributed by atoms with Crippen molar-refractivity contribution in [3.05, 3.63) is 35.9 Å². The number of aliphatic hydroxyl groups is 1. The van der Waals surface area contributed by atoms with Crippen LogP contribution in [0.1, 0.15) is 18.6 Å². The van der Waals surface area contributed by atoms with E-state index in [9.17, 15) is 5.11 Å². The van der Waals surface area contributed by atoms with Crippen LogP contribution in [0.5, 0.6) is 0 Å². The Labute approximate surface area is 73.0 Å². The van der Waals surface area contributed by atoms with Crippen molar-refractivity contribution in [1.82, 2.24) is 0 Å². The van der Waals surface area contributed by atoms with E-state index in [-0.39, 0.29) is 5.92 Å². The van der Waals surface area contributed by atoms with Gasteiger partial charge < -0.3 is 10.8 Å². The fraction of sp³-hybridized carbons (Fsp3) is 0.400. The fourth-order valence-electron chi connectivity index (χ4n) is 1.11. The third-order valence-corrected chi connectivity index (χ3v) is 2.05. The van der Waals surface area contributed by atoms with E-state index >= 15 is 0 Å². The Kier molecular flexibility index (Phi) is 3.26. The zero-order chi connectivity index (χ0) is 8.97. The minimum Gasteiger partial charge on any atom is -0.388 e. The second-order valence-corrected chi connectivity index (χ2v) is 3.07. The molecule has 0 unspecified atom stereocenters. The van der Waals surface area contributed by atoms with Crippen LogP contribution in [0.3, 0.4) is 0 Å². The van der Waals surface area contributed by atoms with Crippen molar-refractivity contribution in [3.8, 4) is 0 Å². The first kappa shape index (κ1) is 9.23. The lowest BCUT2D eigenvalue weighted by Crippen LogP contribution is -2.18. The topological polar surface area (TPSA) is 46.2 Å². The van der Waals surface area contributed by atoms with Crippen molar-refractivity contribution in [3.63, 3.8) is 0 Å². The Hall–Kier alpha value is -0.860. The molecule has 0 amide bonds. The van der Waals surface area contributed by atoms with E-state index in [1.54, 1.807) is 0 Å². The van der Waals surface area contributed by atoms with Gasteiger partial charge in [-0.2, -0.15) is 0 Å². The van der Waals surface area contributed by atoms with Gasteiger partial charge in [-0.1, -0.05) is 37.3 Å². The lowest BCUT2D eigenvalue weighted by Gasteiger charge is -2.16. The van der Waals surface area contributed by atoms with Gasteiger partial charge in [-0.15, -0.1) is 0 Å². The first-order valence-corrected chi connectivity index (χ1v) is 4.18. The van der Waals surface area contributed by atoms with Gasteiger partial charge >= 0.3 is 0 Å². The van der Waals surface area contributed by atoms with Crippen molar-refractivity contribution in [2.24, 2.45) is 11.7 Å². The highest BCUT2D eigenvalue weighted by Crippen LogP contribution is 2.19. The Morgan fingerprint density at radius 1 is 1.33 bits per heavy atom. The quantitative estimate of drug-likeness (QED) is 0.709. The van der Waals surface area contributed by atoms with Crippen LogP contribution in [-0.2, 0) is 0 Å². The van der Waals surface area contributed by atoms with Crippen LogP contribution in [0.15, 0.2) is 30.3 Å². The van der Waals surface area contributed by atoms with Gasteiger partial charge in [-0.3, -0.25) is 0 Å². The number of rotatable bonds is 3. The fourth-order valence-corrected chi connectivity index (χ4v) is 1.11. The molecule has 0 saturated carbocycles. The molecule has 0 aliphatic rings. The van der Waals surface area contributed by atoms with Crippen LogP contribution in [0.2, 0.25) is 0 Å². The summed E-state index contributed by atoms with van der Waals surface area (Å²) in [6.07, 6.45) is -0.434. The summed E-state index contributed by atoms with van der Waals surface area (Å²) in [6, 6.07) is 9.60. The van der Waals surface area contributed by atoms with Gasteiger partial charge in [-0.05, 0) is 18.0 Å². The second-order valence-electron chi connectivity index (χ2n) is 3.07. The van der Waals surface area contributed by atoms with Crippen LogP contribution < -0.4 is 5.73 Å². The molecule has 66 valence electrons. The number of nitrogens with two attached hydrogens (primary N) is 1. The summed E-state index contributed by atoms with van der Waals surface area (Å²) >= 11 is 0. The zero-order valence-corrected chi connectivity index (χ0v) is 7.27. The third-order valence-electron chi connectivity index (χ3n) is 2.05. The number of hydrogen-bond donors (Lipinski definition) is 2. The first-order valence-electron chi connectivity index (χ1n) is 4.18. The SMILES string of the molecule is C[C@@H](CN)[C@@H](O)c1ccccc1. The minimum atomic E-state index is -0.434. The summed E-state index contributed by atoms with van der Waals surface area (Å²) in [4.78, 5) is 0. The van der Waals surface area contributed by atoms with E-state index in [1.165, 1.54) is 0 Å². The maximum Gasteiger partial charge on any atom is 0.0827 e. The predicted molar refractivity (Wildman–Crippen MR) is 49.6 cm³/mol. The van der Waals surface area contributed by atoms with Gasteiger partial charge in [0.1, 0.15) is 0 Å². The highest BCUT2D eigenvalue weighted by molar-refractivity contribution is 5.17. The normalized spacial score (nSPS) is 15.6. The summed E-state index contributed by atoms with van der Waals surface area (Å²) in [5.41, 5.74) is 6.39. The van der Waals surface area contributed by atoms with Crippen LogP contribution in [-0.4, -0.2) is 11.7 Å². The summed E-state index contributed by atoms with van der Waals surface area (Å²) in [5.74, 6) is 0.118. The third kappa shape index (κ3) is 2.06. The first-order chi connectivity index (χ1) is 5.75. The van der Waals surface area contributed by atoms with Crippen molar-refractivity contribution in [2.45, 2.75) is 13.0 Å². The van der Waals surface area contributed by atoms with Gasteiger partial charge in [0.05, 0.1) is 6.10 Å². The molecule has 0 aliphatic carbocycles. The summed E-state index contributed by atoms with van der Waals surface area (Å²) in [6.45, 7) is 2.45. The number of hydrogen-bond acceptors (Lipinski definition) is 2. The predicted octanol–water partition coefficient (Wildman–Crippen LogP) is 1.31. The largest absolute Gasteiger partial charge is 0.388 e. The van der Waals surface area contributed by atoms with Gasteiger partial charge in [0.25, 0.3) is 0 Å². The molecule has 1 aromatic carbocycles. The molecule has 1 aromatic rings. The van der Waals surface area contributed by atoms with Gasteiger partial charge in [0, 0.05) is 0 Å².